The third-order valence-corrected chi connectivity index (χ3v) is 4.24. The highest BCUT2D eigenvalue weighted by atomic mass is 35.5. The number of nitrogens with one attached hydrogen (secondary N) is 1. The van der Waals surface area contributed by atoms with E-state index in [1.54, 1.807) is 12.1 Å². The molecular weight excluding hydrogens is 288 g/mol. The molecule has 2 rings (SSSR count). The van der Waals surface area contributed by atoms with Crippen LogP contribution >= 0.6 is 11.6 Å². The Kier molecular flexibility index (Phi) is 4.65. The van der Waals surface area contributed by atoms with E-state index in [-0.39, 0.29) is 17.8 Å². The van der Waals surface area contributed by atoms with Gasteiger partial charge in [-0.05, 0) is 25.1 Å². The highest BCUT2D eigenvalue weighted by Crippen LogP contribution is 2.21. The summed E-state index contributed by atoms with van der Waals surface area (Å²) in [5.74, 6) is 0.762. The van der Waals surface area contributed by atoms with Crippen LogP contribution in [0.25, 0.3) is 0 Å². The van der Waals surface area contributed by atoms with Gasteiger partial charge in [0, 0.05) is 18.7 Å². The summed E-state index contributed by atoms with van der Waals surface area (Å²) in [5.41, 5.74) is 0. The number of ether oxygens (including phenoxy) is 1. The van der Waals surface area contributed by atoms with Gasteiger partial charge in [0.15, 0.2) is 9.84 Å². The lowest BCUT2D eigenvalue weighted by Gasteiger charge is -2.23. The van der Waals surface area contributed by atoms with Crippen molar-refractivity contribution in [2.75, 3.05) is 25.1 Å². The Balaban J connectivity index is 2.10. The summed E-state index contributed by atoms with van der Waals surface area (Å²) < 4.78 is 28.8. The first-order chi connectivity index (χ1) is 8.94. The van der Waals surface area contributed by atoms with E-state index in [1.807, 2.05) is 0 Å². The number of rotatable bonds is 5. The zero-order chi connectivity index (χ0) is 13.9. The lowest BCUT2D eigenvalue weighted by molar-refractivity contribution is 0.163. The molecule has 106 valence electrons. The van der Waals surface area contributed by atoms with Crippen LogP contribution in [0.2, 0.25) is 5.15 Å². The maximum atomic E-state index is 11.5. The molecule has 0 spiro atoms. The zero-order valence-electron chi connectivity index (χ0n) is 10.7. The van der Waals surface area contributed by atoms with Crippen molar-refractivity contribution in [3.8, 4) is 5.75 Å². The molecule has 0 saturated carbocycles. The molecule has 1 saturated heterocycles. The molecule has 1 fully saturated rings. The fourth-order valence-corrected chi connectivity index (χ4v) is 3.21. The van der Waals surface area contributed by atoms with Crippen molar-refractivity contribution < 1.29 is 13.2 Å². The van der Waals surface area contributed by atoms with Crippen LogP contribution < -0.4 is 10.1 Å². The summed E-state index contributed by atoms with van der Waals surface area (Å²) in [4.78, 5) is 3.93. The van der Waals surface area contributed by atoms with Gasteiger partial charge in [-0.1, -0.05) is 11.6 Å². The fourth-order valence-electron chi connectivity index (χ4n) is 2.17. The molecule has 2 atom stereocenters. The van der Waals surface area contributed by atoms with Crippen molar-refractivity contribution in [1.82, 2.24) is 10.3 Å². The molecule has 1 aliphatic heterocycles. The molecular formula is C12H17ClN2O3S. The summed E-state index contributed by atoms with van der Waals surface area (Å²) in [7, 11) is -3.09. The van der Waals surface area contributed by atoms with Crippen molar-refractivity contribution >= 4 is 21.4 Å². The van der Waals surface area contributed by atoms with Crippen LogP contribution in [0.4, 0.5) is 0 Å². The quantitative estimate of drug-likeness (QED) is 0.826. The molecule has 0 aromatic carbocycles. The third-order valence-electron chi connectivity index (χ3n) is 3.08. The van der Waals surface area contributed by atoms with E-state index in [9.17, 15) is 8.42 Å². The molecule has 0 bridgehead atoms. The van der Waals surface area contributed by atoms with Gasteiger partial charge in [-0.2, -0.15) is 0 Å². The van der Waals surface area contributed by atoms with E-state index in [0.717, 1.165) is 19.5 Å². The summed E-state index contributed by atoms with van der Waals surface area (Å²) in [6, 6.07) is 3.33. The number of hydrogen-bond donors (Lipinski definition) is 1. The van der Waals surface area contributed by atoms with Crippen molar-refractivity contribution in [3.63, 3.8) is 0 Å². The van der Waals surface area contributed by atoms with E-state index in [1.165, 1.54) is 12.5 Å². The fraction of sp³-hybridized carbons (Fsp3) is 0.583. The van der Waals surface area contributed by atoms with Crippen molar-refractivity contribution in [3.05, 3.63) is 23.5 Å². The normalized spacial score (nSPS) is 21.3. The highest BCUT2D eigenvalue weighted by molar-refractivity contribution is 7.90. The number of aromatic nitrogens is 1. The lowest BCUT2D eigenvalue weighted by Crippen LogP contribution is -2.35. The lowest BCUT2D eigenvalue weighted by atomic mass is 10.0. The van der Waals surface area contributed by atoms with Crippen LogP contribution in [-0.4, -0.2) is 44.6 Å². The van der Waals surface area contributed by atoms with Crippen molar-refractivity contribution in [2.45, 2.75) is 12.5 Å². The Morgan fingerprint density at radius 2 is 2.37 bits per heavy atom. The summed E-state index contributed by atoms with van der Waals surface area (Å²) in [5, 5.41) is 3.61. The van der Waals surface area contributed by atoms with Crippen LogP contribution in [0.15, 0.2) is 18.3 Å². The SMILES string of the molecule is CS(=O)(=O)CC(Oc1ccc(Cl)nc1)C1CCNC1. The number of halogens is 1. The molecule has 0 aliphatic carbocycles. The minimum Gasteiger partial charge on any atom is -0.487 e. The Bertz CT molecular complexity index is 512. The molecule has 19 heavy (non-hydrogen) atoms. The van der Waals surface area contributed by atoms with Crippen LogP contribution in [0.3, 0.4) is 0 Å². The molecule has 5 nitrogen and oxygen atoms in total. The number of sulfone groups is 1. The first kappa shape index (κ1) is 14.6. The van der Waals surface area contributed by atoms with Crippen LogP contribution in [-0.2, 0) is 9.84 Å². The maximum Gasteiger partial charge on any atom is 0.151 e. The van der Waals surface area contributed by atoms with E-state index < -0.39 is 9.84 Å². The minimum atomic E-state index is -3.09. The molecule has 1 aromatic rings. The predicted octanol–water partition coefficient (Wildman–Crippen LogP) is 1.14. The van der Waals surface area contributed by atoms with E-state index in [4.69, 9.17) is 16.3 Å². The molecule has 2 unspecified atom stereocenters. The first-order valence-electron chi connectivity index (χ1n) is 6.11. The first-order valence-corrected chi connectivity index (χ1v) is 8.54. The third kappa shape index (κ3) is 4.63. The van der Waals surface area contributed by atoms with Gasteiger partial charge in [-0.15, -0.1) is 0 Å². The van der Waals surface area contributed by atoms with Gasteiger partial charge in [-0.25, -0.2) is 13.4 Å². The van der Waals surface area contributed by atoms with Gasteiger partial charge in [0.1, 0.15) is 17.0 Å². The topological polar surface area (TPSA) is 68.3 Å². The van der Waals surface area contributed by atoms with Gasteiger partial charge in [0.2, 0.25) is 0 Å². The van der Waals surface area contributed by atoms with Crippen LogP contribution in [0.1, 0.15) is 6.42 Å². The second kappa shape index (κ2) is 6.07. The Morgan fingerprint density at radius 3 is 2.89 bits per heavy atom. The average Bonchev–Trinajstić information content (AvgIpc) is 2.83. The minimum absolute atomic E-state index is 0.0158. The molecule has 0 amide bonds. The monoisotopic (exact) mass is 304 g/mol. The molecule has 1 aliphatic rings. The largest absolute Gasteiger partial charge is 0.487 e. The van der Waals surface area contributed by atoms with Gasteiger partial charge in [0.25, 0.3) is 0 Å². The van der Waals surface area contributed by atoms with E-state index in [0.29, 0.717) is 10.9 Å². The van der Waals surface area contributed by atoms with Crippen molar-refractivity contribution in [2.24, 2.45) is 5.92 Å². The van der Waals surface area contributed by atoms with Gasteiger partial charge in [-0.3, -0.25) is 0 Å². The summed E-state index contributed by atoms with van der Waals surface area (Å²) in [6.45, 7) is 1.67. The molecule has 1 aromatic heterocycles. The number of hydrogen-bond acceptors (Lipinski definition) is 5. The van der Waals surface area contributed by atoms with Crippen molar-refractivity contribution in [1.29, 1.82) is 0 Å². The van der Waals surface area contributed by atoms with Crippen LogP contribution in [0.5, 0.6) is 5.75 Å². The Labute approximate surface area is 118 Å². The predicted molar refractivity (Wildman–Crippen MR) is 74.4 cm³/mol. The maximum absolute atomic E-state index is 11.5. The van der Waals surface area contributed by atoms with Crippen LogP contribution in [0, 0.1) is 5.92 Å². The summed E-state index contributed by atoms with van der Waals surface area (Å²) in [6.07, 6.45) is 3.31. The molecule has 0 radical (unpaired) electrons. The zero-order valence-corrected chi connectivity index (χ0v) is 12.2. The standard InChI is InChI=1S/C12H17ClN2O3S/c1-19(16,17)8-11(9-4-5-14-6-9)18-10-2-3-12(13)15-7-10/h2-3,7,9,11,14H,4-6,8H2,1H3. The number of pyridine rings is 1. The van der Waals surface area contributed by atoms with Gasteiger partial charge < -0.3 is 10.1 Å². The van der Waals surface area contributed by atoms with E-state index >= 15 is 0 Å². The second-order valence-corrected chi connectivity index (χ2v) is 7.39. The van der Waals surface area contributed by atoms with Gasteiger partial charge in [0.05, 0.1) is 11.9 Å². The average molecular weight is 305 g/mol. The van der Waals surface area contributed by atoms with Gasteiger partial charge >= 0.3 is 0 Å². The Hall–Kier alpha value is -0.850. The molecule has 7 heteroatoms. The Morgan fingerprint density at radius 1 is 1.58 bits per heavy atom. The highest BCUT2D eigenvalue weighted by Gasteiger charge is 2.29. The van der Waals surface area contributed by atoms with E-state index in [2.05, 4.69) is 10.3 Å². The molecule has 1 N–H and O–H groups in total. The smallest absolute Gasteiger partial charge is 0.151 e. The summed E-state index contributed by atoms with van der Waals surface area (Å²) >= 11 is 5.71. The second-order valence-electron chi connectivity index (χ2n) is 4.82. The molecule has 2 heterocycles. The number of nitrogens with zero attached hydrogens (tertiary/aromatic N) is 1.